The van der Waals surface area contributed by atoms with Crippen molar-refractivity contribution in [2.45, 2.75) is 32.4 Å². The number of Topliss-reactive ketones (excluding diaryl/α,β-unsaturated/α-hetero) is 1. The van der Waals surface area contributed by atoms with E-state index in [1.54, 1.807) is 7.11 Å². The number of nitrogens with zero attached hydrogens (tertiary/aromatic N) is 1. The SMILES string of the molecule is COC(C)(C)C(=O)CCN(C)Cc1ccccc1Br. The predicted octanol–water partition coefficient (Wildman–Crippen LogP) is 3.27. The van der Waals surface area contributed by atoms with Gasteiger partial charge in [-0.1, -0.05) is 34.1 Å². The summed E-state index contributed by atoms with van der Waals surface area (Å²) in [7, 11) is 3.59. The fraction of sp³-hybridized carbons (Fsp3) is 0.533. The molecule has 0 N–H and O–H groups in total. The van der Waals surface area contributed by atoms with Gasteiger partial charge in [0.2, 0.25) is 0 Å². The van der Waals surface area contributed by atoms with Crippen molar-refractivity contribution in [2.24, 2.45) is 0 Å². The summed E-state index contributed by atoms with van der Waals surface area (Å²) in [4.78, 5) is 14.1. The van der Waals surface area contributed by atoms with Crippen molar-refractivity contribution in [1.82, 2.24) is 4.90 Å². The minimum absolute atomic E-state index is 0.133. The highest BCUT2D eigenvalue weighted by Gasteiger charge is 2.26. The van der Waals surface area contributed by atoms with Crippen molar-refractivity contribution in [1.29, 1.82) is 0 Å². The molecule has 0 radical (unpaired) electrons. The number of hydrogen-bond acceptors (Lipinski definition) is 3. The normalized spacial score (nSPS) is 11.9. The molecule has 0 bridgehead atoms. The van der Waals surface area contributed by atoms with E-state index < -0.39 is 5.60 Å². The maximum atomic E-state index is 12.0. The fourth-order valence-electron chi connectivity index (χ4n) is 1.70. The molecular weight excluding hydrogens is 306 g/mol. The zero-order valence-corrected chi connectivity index (χ0v) is 13.7. The molecule has 0 atom stereocenters. The highest BCUT2D eigenvalue weighted by atomic mass is 79.9. The number of carbonyl (C=O) groups is 1. The summed E-state index contributed by atoms with van der Waals surface area (Å²) in [5.74, 6) is 0.133. The highest BCUT2D eigenvalue weighted by Crippen LogP contribution is 2.18. The van der Waals surface area contributed by atoms with Gasteiger partial charge in [-0.15, -0.1) is 0 Å². The van der Waals surface area contributed by atoms with Gasteiger partial charge in [-0.25, -0.2) is 0 Å². The van der Waals surface area contributed by atoms with E-state index in [0.29, 0.717) is 6.42 Å². The summed E-state index contributed by atoms with van der Waals surface area (Å²) < 4.78 is 6.30. The summed E-state index contributed by atoms with van der Waals surface area (Å²) in [6.07, 6.45) is 0.502. The van der Waals surface area contributed by atoms with Crippen LogP contribution < -0.4 is 0 Å². The third-order valence-corrected chi connectivity index (χ3v) is 4.07. The second-order valence-corrected chi connectivity index (χ2v) is 6.07. The van der Waals surface area contributed by atoms with Crippen molar-refractivity contribution in [3.8, 4) is 0 Å². The van der Waals surface area contributed by atoms with E-state index in [2.05, 4.69) is 26.9 Å². The lowest BCUT2D eigenvalue weighted by Gasteiger charge is -2.23. The minimum Gasteiger partial charge on any atom is -0.371 e. The summed E-state index contributed by atoms with van der Waals surface area (Å²) >= 11 is 3.53. The summed E-state index contributed by atoms with van der Waals surface area (Å²) in [6.45, 7) is 5.17. The van der Waals surface area contributed by atoms with Crippen LogP contribution in [0.2, 0.25) is 0 Å². The quantitative estimate of drug-likeness (QED) is 0.769. The van der Waals surface area contributed by atoms with Gasteiger partial charge in [-0.3, -0.25) is 4.79 Å². The van der Waals surface area contributed by atoms with E-state index in [1.165, 1.54) is 5.56 Å². The zero-order chi connectivity index (χ0) is 14.5. The first-order valence-electron chi connectivity index (χ1n) is 6.37. The summed E-state index contributed by atoms with van der Waals surface area (Å²) in [5.41, 5.74) is 0.539. The van der Waals surface area contributed by atoms with Crippen molar-refractivity contribution in [3.63, 3.8) is 0 Å². The van der Waals surface area contributed by atoms with Gasteiger partial charge in [0.25, 0.3) is 0 Å². The van der Waals surface area contributed by atoms with Crippen molar-refractivity contribution in [2.75, 3.05) is 20.7 Å². The Kier molecular flexibility index (Phi) is 6.17. The lowest BCUT2D eigenvalue weighted by atomic mass is 10.0. The largest absolute Gasteiger partial charge is 0.371 e. The van der Waals surface area contributed by atoms with E-state index in [1.807, 2.05) is 39.1 Å². The molecule has 1 rings (SSSR count). The molecule has 106 valence electrons. The number of rotatable bonds is 7. The minimum atomic E-state index is -0.686. The average Bonchev–Trinajstić information content (AvgIpc) is 2.38. The first-order valence-corrected chi connectivity index (χ1v) is 7.16. The lowest BCUT2D eigenvalue weighted by molar-refractivity contribution is -0.137. The van der Waals surface area contributed by atoms with E-state index in [4.69, 9.17) is 4.74 Å². The Morgan fingerprint density at radius 3 is 2.58 bits per heavy atom. The second-order valence-electron chi connectivity index (χ2n) is 5.22. The number of carbonyl (C=O) groups excluding carboxylic acids is 1. The van der Waals surface area contributed by atoms with Gasteiger partial charge >= 0.3 is 0 Å². The van der Waals surface area contributed by atoms with Gasteiger partial charge in [0, 0.05) is 31.1 Å². The Balaban J connectivity index is 2.47. The van der Waals surface area contributed by atoms with Crippen LogP contribution in [0.15, 0.2) is 28.7 Å². The molecule has 0 aliphatic rings. The third-order valence-electron chi connectivity index (χ3n) is 3.30. The predicted molar refractivity (Wildman–Crippen MR) is 81.2 cm³/mol. The average molecular weight is 328 g/mol. The van der Waals surface area contributed by atoms with Crippen LogP contribution in [0.25, 0.3) is 0 Å². The second kappa shape index (κ2) is 7.17. The van der Waals surface area contributed by atoms with E-state index in [9.17, 15) is 4.79 Å². The van der Waals surface area contributed by atoms with Crippen molar-refractivity contribution in [3.05, 3.63) is 34.3 Å². The van der Waals surface area contributed by atoms with Crippen molar-refractivity contribution >= 4 is 21.7 Å². The molecule has 0 aliphatic heterocycles. The van der Waals surface area contributed by atoms with Crippen molar-refractivity contribution < 1.29 is 9.53 Å². The molecule has 0 heterocycles. The van der Waals surface area contributed by atoms with Gasteiger partial charge in [0.15, 0.2) is 5.78 Å². The van der Waals surface area contributed by atoms with Crippen LogP contribution in [0.4, 0.5) is 0 Å². The fourth-order valence-corrected chi connectivity index (χ4v) is 2.11. The molecule has 0 fully saturated rings. The van der Waals surface area contributed by atoms with Gasteiger partial charge in [0.05, 0.1) is 0 Å². The Bertz CT molecular complexity index is 432. The summed E-state index contributed by atoms with van der Waals surface area (Å²) in [6, 6.07) is 8.13. The topological polar surface area (TPSA) is 29.5 Å². The smallest absolute Gasteiger partial charge is 0.165 e. The van der Waals surface area contributed by atoms with Crippen LogP contribution in [0, 0.1) is 0 Å². The first kappa shape index (κ1) is 16.3. The number of hydrogen-bond donors (Lipinski definition) is 0. The van der Waals surface area contributed by atoms with Crippen LogP contribution in [0.3, 0.4) is 0 Å². The first-order chi connectivity index (χ1) is 8.86. The van der Waals surface area contributed by atoms with Crippen LogP contribution in [-0.2, 0) is 16.1 Å². The van der Waals surface area contributed by atoms with Crippen LogP contribution in [0.1, 0.15) is 25.8 Å². The number of ether oxygens (including phenoxy) is 1. The molecule has 1 aromatic rings. The molecule has 4 heteroatoms. The number of halogens is 1. The van der Waals surface area contributed by atoms with E-state index >= 15 is 0 Å². The van der Waals surface area contributed by atoms with Crippen LogP contribution in [-0.4, -0.2) is 37.0 Å². The Labute approximate surface area is 124 Å². The molecule has 0 spiro atoms. The highest BCUT2D eigenvalue weighted by molar-refractivity contribution is 9.10. The molecular formula is C15H22BrNO2. The molecule has 1 aromatic carbocycles. The van der Waals surface area contributed by atoms with Gasteiger partial charge in [-0.2, -0.15) is 0 Å². The number of methoxy groups -OCH3 is 1. The Hall–Kier alpha value is -0.710. The van der Waals surface area contributed by atoms with E-state index in [-0.39, 0.29) is 5.78 Å². The molecule has 0 saturated carbocycles. The Morgan fingerprint density at radius 2 is 2.00 bits per heavy atom. The molecule has 0 aliphatic carbocycles. The Morgan fingerprint density at radius 1 is 1.37 bits per heavy atom. The third kappa shape index (κ3) is 5.05. The zero-order valence-electron chi connectivity index (χ0n) is 12.1. The van der Waals surface area contributed by atoms with Gasteiger partial charge in [-0.05, 0) is 32.5 Å². The molecule has 0 aromatic heterocycles. The molecule has 0 saturated heterocycles. The maximum absolute atomic E-state index is 12.0. The maximum Gasteiger partial charge on any atom is 0.165 e. The monoisotopic (exact) mass is 327 g/mol. The number of benzene rings is 1. The van der Waals surface area contributed by atoms with Crippen LogP contribution >= 0.6 is 15.9 Å². The van der Waals surface area contributed by atoms with Crippen LogP contribution in [0.5, 0.6) is 0 Å². The molecule has 3 nitrogen and oxygen atoms in total. The summed E-state index contributed by atoms with van der Waals surface area (Å²) in [5, 5.41) is 0. The number of ketones is 1. The molecule has 0 amide bonds. The van der Waals surface area contributed by atoms with Gasteiger partial charge in [0.1, 0.15) is 5.60 Å². The molecule has 0 unspecified atom stereocenters. The van der Waals surface area contributed by atoms with Gasteiger partial charge < -0.3 is 9.64 Å². The molecule has 19 heavy (non-hydrogen) atoms. The standard InChI is InChI=1S/C15H22BrNO2/c1-15(2,19-4)14(18)9-10-17(3)11-12-7-5-6-8-13(12)16/h5-8H,9-11H2,1-4H3. The van der Waals surface area contributed by atoms with E-state index in [0.717, 1.165) is 17.6 Å². The lowest BCUT2D eigenvalue weighted by Crippen LogP contribution is -2.36.